The summed E-state index contributed by atoms with van der Waals surface area (Å²) in [5.41, 5.74) is 3.02. The molecule has 3 aromatic carbocycles. The van der Waals surface area contributed by atoms with Crippen LogP contribution < -0.4 is 30.5 Å². The van der Waals surface area contributed by atoms with Crippen LogP contribution in [0.2, 0.25) is 0 Å². The second-order valence-electron chi connectivity index (χ2n) is 11.1. The summed E-state index contributed by atoms with van der Waals surface area (Å²) < 4.78 is 10.6. The van der Waals surface area contributed by atoms with Crippen LogP contribution in [0.25, 0.3) is 0 Å². The lowest BCUT2D eigenvalue weighted by molar-refractivity contribution is -0.138. The lowest BCUT2D eigenvalue weighted by Crippen LogP contribution is -2.39. The Bertz CT molecular complexity index is 1510. The van der Waals surface area contributed by atoms with Crippen molar-refractivity contribution in [1.82, 2.24) is 5.32 Å². The molecule has 246 valence electrons. The van der Waals surface area contributed by atoms with Gasteiger partial charge in [0.15, 0.2) is 11.5 Å². The Morgan fingerprint density at radius 3 is 2.11 bits per heavy atom. The summed E-state index contributed by atoms with van der Waals surface area (Å²) >= 11 is 0. The Morgan fingerprint density at radius 2 is 1.52 bits per heavy atom. The third kappa shape index (κ3) is 9.96. The number of aryl methyl sites for hydroxylation is 1. The molecule has 0 heterocycles. The number of ether oxygens (including phenoxy) is 2. The predicted molar refractivity (Wildman–Crippen MR) is 175 cm³/mol. The fourth-order valence-corrected chi connectivity index (χ4v) is 4.96. The van der Waals surface area contributed by atoms with E-state index in [1.165, 1.54) is 21.3 Å². The maximum absolute atomic E-state index is 13.6. The molecule has 0 spiro atoms. The van der Waals surface area contributed by atoms with Gasteiger partial charge in [0, 0.05) is 23.7 Å². The first-order valence-corrected chi connectivity index (χ1v) is 14.8. The van der Waals surface area contributed by atoms with E-state index in [1.807, 2.05) is 39.0 Å². The third-order valence-corrected chi connectivity index (χ3v) is 7.21. The second-order valence-corrected chi connectivity index (χ2v) is 11.1. The van der Waals surface area contributed by atoms with Gasteiger partial charge in [0.2, 0.25) is 5.91 Å². The van der Waals surface area contributed by atoms with Gasteiger partial charge in [-0.2, -0.15) is 5.06 Å². The Labute approximate surface area is 269 Å². The molecule has 3 aromatic rings. The summed E-state index contributed by atoms with van der Waals surface area (Å²) in [5, 5.41) is 19.0. The van der Waals surface area contributed by atoms with Crippen LogP contribution in [0, 0.1) is 18.8 Å². The zero-order valence-corrected chi connectivity index (χ0v) is 27.0. The summed E-state index contributed by atoms with van der Waals surface area (Å²) in [5.74, 6) is -1.89. The predicted octanol–water partition coefficient (Wildman–Crippen LogP) is 5.94. The number of methoxy groups -OCH3 is 2. The first kappa shape index (κ1) is 35.4. The van der Waals surface area contributed by atoms with Crippen LogP contribution in [0.4, 0.5) is 21.9 Å². The minimum Gasteiger partial charge on any atom is -0.493 e. The number of hydrogen-bond acceptors (Lipinski definition) is 7. The third-order valence-electron chi connectivity index (χ3n) is 7.21. The van der Waals surface area contributed by atoms with Gasteiger partial charge < -0.3 is 30.5 Å². The van der Waals surface area contributed by atoms with Crippen LogP contribution in [-0.2, 0) is 19.2 Å². The molecule has 0 aliphatic carbocycles. The van der Waals surface area contributed by atoms with Gasteiger partial charge in [-0.15, -0.1) is 0 Å². The van der Waals surface area contributed by atoms with Gasteiger partial charge in [-0.1, -0.05) is 38.1 Å². The molecule has 46 heavy (non-hydrogen) atoms. The maximum Gasteiger partial charge on any atom is 0.323 e. The molecule has 2 unspecified atom stereocenters. The monoisotopic (exact) mass is 634 g/mol. The fraction of sp³-hybridized carbons (Fsp3) is 0.353. The van der Waals surface area contributed by atoms with Crippen molar-refractivity contribution in [2.24, 2.45) is 11.8 Å². The smallest absolute Gasteiger partial charge is 0.323 e. The van der Waals surface area contributed by atoms with Gasteiger partial charge in [-0.3, -0.25) is 19.2 Å². The van der Waals surface area contributed by atoms with E-state index in [1.54, 1.807) is 48.5 Å². The number of urea groups is 1. The Morgan fingerprint density at radius 1 is 0.848 bits per heavy atom. The number of para-hydroxylation sites is 1. The number of nitrogens with zero attached hydrogens (tertiary/aromatic N) is 1. The van der Waals surface area contributed by atoms with Gasteiger partial charge in [-0.05, 0) is 72.9 Å². The van der Waals surface area contributed by atoms with Crippen molar-refractivity contribution in [3.63, 3.8) is 0 Å². The minimum absolute atomic E-state index is 0.0646. The Balaban J connectivity index is 1.73. The minimum atomic E-state index is -1.10. The molecular weight excluding hydrogens is 592 g/mol. The Hall–Kier alpha value is -5.10. The average molecular weight is 635 g/mol. The summed E-state index contributed by atoms with van der Waals surface area (Å²) in [6.07, 6.45) is -0.195. The number of benzene rings is 3. The highest BCUT2D eigenvalue weighted by atomic mass is 16.7. The van der Waals surface area contributed by atoms with Gasteiger partial charge in [0.1, 0.15) is 0 Å². The highest BCUT2D eigenvalue weighted by Crippen LogP contribution is 2.32. The number of carboxylic acid groups (broad SMARTS) is 1. The highest BCUT2D eigenvalue weighted by Gasteiger charge is 2.29. The average Bonchev–Trinajstić information content (AvgIpc) is 3.01. The summed E-state index contributed by atoms with van der Waals surface area (Å²) in [6.45, 7) is 5.76. The van der Waals surface area contributed by atoms with E-state index in [4.69, 9.17) is 14.3 Å². The van der Waals surface area contributed by atoms with Gasteiger partial charge >= 0.3 is 12.0 Å². The largest absolute Gasteiger partial charge is 0.493 e. The molecule has 3 rings (SSSR count). The number of aliphatic carboxylic acids is 1. The van der Waals surface area contributed by atoms with E-state index >= 15 is 0 Å². The molecule has 0 aromatic heterocycles. The molecule has 0 aliphatic heterocycles. The van der Waals surface area contributed by atoms with Gasteiger partial charge in [0.25, 0.3) is 5.91 Å². The van der Waals surface area contributed by atoms with Crippen molar-refractivity contribution in [2.45, 2.75) is 46.1 Å². The number of amides is 4. The SMILES string of the molecule is COc1ccc(C(CC(=O)O)NC(=O)C(CC(=O)N(OC)c2ccc(NC(=O)Nc3ccccc3C)cc2)CC(C)C)cc1OC. The molecule has 2 atom stereocenters. The number of carbonyl (C=O) groups is 4. The fourth-order valence-electron chi connectivity index (χ4n) is 4.96. The first-order chi connectivity index (χ1) is 21.9. The molecule has 0 fully saturated rings. The normalized spacial score (nSPS) is 12.1. The topological polar surface area (TPSA) is 156 Å². The highest BCUT2D eigenvalue weighted by molar-refractivity contribution is 6.00. The van der Waals surface area contributed by atoms with E-state index in [0.717, 1.165) is 10.6 Å². The number of rotatable bonds is 15. The number of hydrogen-bond donors (Lipinski definition) is 4. The lowest BCUT2D eigenvalue weighted by Gasteiger charge is -2.26. The number of carbonyl (C=O) groups excluding carboxylic acids is 3. The molecule has 0 radical (unpaired) electrons. The Kier molecular flexibility index (Phi) is 12.9. The van der Waals surface area contributed by atoms with Crippen LogP contribution in [0.5, 0.6) is 11.5 Å². The van der Waals surface area contributed by atoms with Crippen molar-refractivity contribution in [3.8, 4) is 11.5 Å². The molecule has 4 amide bonds. The number of anilines is 3. The van der Waals surface area contributed by atoms with Crippen molar-refractivity contribution >= 4 is 40.9 Å². The second kappa shape index (κ2) is 16.8. The summed E-state index contributed by atoms with van der Waals surface area (Å²) in [4.78, 5) is 56.7. The van der Waals surface area contributed by atoms with Crippen LogP contribution in [0.3, 0.4) is 0 Å². The number of carboxylic acids is 1. The van der Waals surface area contributed by atoms with E-state index in [0.29, 0.717) is 40.5 Å². The molecular formula is C34H42N4O8. The molecule has 12 nitrogen and oxygen atoms in total. The first-order valence-electron chi connectivity index (χ1n) is 14.8. The zero-order valence-electron chi connectivity index (χ0n) is 27.0. The van der Waals surface area contributed by atoms with Crippen LogP contribution in [0.15, 0.2) is 66.7 Å². The molecule has 12 heteroatoms. The van der Waals surface area contributed by atoms with E-state index < -0.39 is 35.8 Å². The summed E-state index contributed by atoms with van der Waals surface area (Å²) in [7, 11) is 4.30. The molecule has 0 bridgehead atoms. The van der Waals surface area contributed by atoms with E-state index in [-0.39, 0.29) is 18.8 Å². The van der Waals surface area contributed by atoms with Crippen LogP contribution in [0.1, 0.15) is 50.3 Å². The zero-order chi connectivity index (χ0) is 33.8. The van der Waals surface area contributed by atoms with Gasteiger partial charge in [0.05, 0.1) is 39.5 Å². The molecule has 4 N–H and O–H groups in total. The number of nitrogens with one attached hydrogen (secondary N) is 3. The quantitative estimate of drug-likeness (QED) is 0.150. The van der Waals surface area contributed by atoms with Crippen molar-refractivity contribution in [3.05, 3.63) is 77.9 Å². The van der Waals surface area contributed by atoms with Crippen molar-refractivity contribution in [2.75, 3.05) is 37.0 Å². The molecule has 0 saturated heterocycles. The van der Waals surface area contributed by atoms with Gasteiger partial charge in [-0.25, -0.2) is 4.79 Å². The van der Waals surface area contributed by atoms with Crippen molar-refractivity contribution in [1.29, 1.82) is 0 Å². The number of hydroxylamine groups is 1. The van der Waals surface area contributed by atoms with Crippen LogP contribution >= 0.6 is 0 Å². The molecule has 0 saturated carbocycles. The van der Waals surface area contributed by atoms with E-state index in [2.05, 4.69) is 16.0 Å². The van der Waals surface area contributed by atoms with Crippen molar-refractivity contribution < 1.29 is 38.6 Å². The standard InChI is InChI=1S/C34H42N4O8/c1-21(2)17-24(33(42)36-28(20-32(40)41)23-11-16-29(44-4)30(18-23)45-5)19-31(39)38(46-6)26-14-12-25(13-15-26)35-34(43)37-27-10-8-7-9-22(27)3/h7-16,18,21,24,28H,17,19-20H2,1-6H3,(H,36,42)(H,40,41)(H2,35,37,43). The summed E-state index contributed by atoms with van der Waals surface area (Å²) in [6, 6.07) is 17.5. The lowest BCUT2D eigenvalue weighted by atomic mass is 9.92. The van der Waals surface area contributed by atoms with Crippen LogP contribution in [-0.4, -0.2) is 50.3 Å². The van der Waals surface area contributed by atoms with E-state index in [9.17, 15) is 24.3 Å². The molecule has 0 aliphatic rings. The maximum atomic E-state index is 13.6.